The highest BCUT2D eigenvalue weighted by molar-refractivity contribution is 5.77. The quantitative estimate of drug-likeness (QED) is 0.662. The number of nitrogens with zero attached hydrogens (tertiary/aromatic N) is 2. The maximum Gasteiger partial charge on any atom is 0.223 e. The number of piperidine rings is 1. The summed E-state index contributed by atoms with van der Waals surface area (Å²) in [6.45, 7) is 3.86. The molecule has 1 aromatic rings. The fraction of sp³-hybridized carbons (Fsp3) is 0.708. The highest BCUT2D eigenvalue weighted by atomic mass is 16.5. The van der Waals surface area contributed by atoms with Crippen LogP contribution < -0.4 is 4.74 Å². The van der Waals surface area contributed by atoms with Gasteiger partial charge in [0.25, 0.3) is 0 Å². The molecule has 4 rings (SSSR count). The van der Waals surface area contributed by atoms with Gasteiger partial charge in [-0.1, -0.05) is 25.0 Å². The van der Waals surface area contributed by atoms with E-state index < -0.39 is 0 Å². The Balaban J connectivity index is 1.32. The van der Waals surface area contributed by atoms with Crippen molar-refractivity contribution in [3.05, 3.63) is 29.8 Å². The second-order valence-corrected chi connectivity index (χ2v) is 9.34. The second kappa shape index (κ2) is 9.30. The average molecular weight is 385 g/mol. The van der Waals surface area contributed by atoms with Crippen LogP contribution in [0.25, 0.3) is 0 Å². The molecule has 1 aliphatic heterocycles. The summed E-state index contributed by atoms with van der Waals surface area (Å²) in [5, 5.41) is 0. The van der Waals surface area contributed by atoms with Crippen molar-refractivity contribution in [2.45, 2.75) is 70.4 Å². The Morgan fingerprint density at radius 2 is 1.89 bits per heavy atom. The van der Waals surface area contributed by atoms with Crippen LogP contribution in [0, 0.1) is 11.8 Å². The van der Waals surface area contributed by atoms with Crippen molar-refractivity contribution in [2.75, 3.05) is 26.7 Å². The smallest absolute Gasteiger partial charge is 0.223 e. The molecular formula is C24H36N2O2. The predicted molar refractivity (Wildman–Crippen MR) is 112 cm³/mol. The van der Waals surface area contributed by atoms with Gasteiger partial charge in [-0.15, -0.1) is 0 Å². The van der Waals surface area contributed by atoms with Crippen LogP contribution in [0.1, 0.15) is 63.4 Å². The lowest BCUT2D eigenvalue weighted by molar-refractivity contribution is -0.133. The molecule has 0 bridgehead atoms. The lowest BCUT2D eigenvalue weighted by Crippen LogP contribution is -2.34. The molecule has 154 valence electrons. The van der Waals surface area contributed by atoms with E-state index in [1.807, 2.05) is 0 Å². The molecular weight excluding hydrogens is 348 g/mol. The number of benzene rings is 1. The standard InChI is InChI=1S/C24H36N2O2/c1-25-13-5-9-21(16-25)18-28-23-10-4-8-20(14-23)17-26(22-11-12-22)24(27)15-19-6-2-3-7-19/h4,8,10,14,19,21-22H,2-3,5-7,9,11-13,15-18H2,1H3. The van der Waals surface area contributed by atoms with Crippen LogP contribution in [0.4, 0.5) is 0 Å². The van der Waals surface area contributed by atoms with Crippen LogP contribution in [-0.4, -0.2) is 48.5 Å². The molecule has 0 aromatic heterocycles. The first-order chi connectivity index (χ1) is 13.7. The van der Waals surface area contributed by atoms with Crippen LogP contribution in [0.3, 0.4) is 0 Å². The summed E-state index contributed by atoms with van der Waals surface area (Å²) in [7, 11) is 2.20. The van der Waals surface area contributed by atoms with E-state index in [0.717, 1.165) is 31.9 Å². The predicted octanol–water partition coefficient (Wildman–Crippen LogP) is 4.48. The lowest BCUT2D eigenvalue weighted by atomic mass is 9.99. The molecule has 4 heteroatoms. The Hall–Kier alpha value is -1.55. The molecule has 2 aliphatic carbocycles. The van der Waals surface area contributed by atoms with Crippen LogP contribution >= 0.6 is 0 Å². The van der Waals surface area contributed by atoms with Crippen LogP contribution in [0.2, 0.25) is 0 Å². The van der Waals surface area contributed by atoms with E-state index in [-0.39, 0.29) is 0 Å². The maximum atomic E-state index is 12.9. The second-order valence-electron chi connectivity index (χ2n) is 9.34. The molecule has 1 heterocycles. The molecule has 1 unspecified atom stereocenters. The van der Waals surface area contributed by atoms with E-state index >= 15 is 0 Å². The molecule has 1 amide bonds. The average Bonchev–Trinajstić information content (AvgIpc) is 3.41. The van der Waals surface area contributed by atoms with E-state index in [2.05, 4.69) is 41.1 Å². The zero-order chi connectivity index (χ0) is 19.3. The van der Waals surface area contributed by atoms with Crippen LogP contribution in [0.15, 0.2) is 24.3 Å². The largest absolute Gasteiger partial charge is 0.493 e. The van der Waals surface area contributed by atoms with Crippen molar-refractivity contribution < 1.29 is 9.53 Å². The monoisotopic (exact) mass is 384 g/mol. The van der Waals surface area contributed by atoms with E-state index in [9.17, 15) is 4.79 Å². The number of hydrogen-bond donors (Lipinski definition) is 0. The number of carbonyl (C=O) groups is 1. The number of likely N-dealkylation sites (tertiary alicyclic amines) is 1. The highest BCUT2D eigenvalue weighted by Gasteiger charge is 2.33. The number of amides is 1. The summed E-state index contributed by atoms with van der Waals surface area (Å²) in [6, 6.07) is 8.88. The zero-order valence-corrected chi connectivity index (χ0v) is 17.4. The molecule has 3 fully saturated rings. The molecule has 1 aromatic carbocycles. The van der Waals surface area contributed by atoms with E-state index in [1.165, 1.54) is 63.5 Å². The topological polar surface area (TPSA) is 32.8 Å². The molecule has 1 atom stereocenters. The van der Waals surface area contributed by atoms with Gasteiger partial charge in [-0.3, -0.25) is 4.79 Å². The van der Waals surface area contributed by atoms with Gasteiger partial charge in [0.05, 0.1) is 6.61 Å². The Bertz CT molecular complexity index is 652. The fourth-order valence-corrected chi connectivity index (χ4v) is 4.94. The molecule has 1 saturated heterocycles. The number of rotatable bonds is 8. The number of ether oxygens (including phenoxy) is 1. The SMILES string of the molecule is CN1CCCC(COc2cccc(CN(C(=O)CC3CCCC3)C3CC3)c2)C1. The lowest BCUT2D eigenvalue weighted by Gasteiger charge is -2.29. The fourth-order valence-electron chi connectivity index (χ4n) is 4.94. The van der Waals surface area contributed by atoms with Crippen molar-refractivity contribution in [1.29, 1.82) is 0 Å². The van der Waals surface area contributed by atoms with E-state index in [0.29, 0.717) is 23.8 Å². The Kier molecular flexibility index (Phi) is 6.56. The molecule has 0 N–H and O–H groups in total. The van der Waals surface area contributed by atoms with Crippen molar-refractivity contribution >= 4 is 5.91 Å². The summed E-state index contributed by atoms with van der Waals surface area (Å²) in [4.78, 5) is 17.5. The third-order valence-electron chi connectivity index (χ3n) is 6.71. The molecule has 28 heavy (non-hydrogen) atoms. The molecule has 4 nitrogen and oxygen atoms in total. The zero-order valence-electron chi connectivity index (χ0n) is 17.4. The molecule has 0 radical (unpaired) electrons. The minimum atomic E-state index is 0.367. The van der Waals surface area contributed by atoms with Crippen molar-refractivity contribution in [3.8, 4) is 5.75 Å². The third-order valence-corrected chi connectivity index (χ3v) is 6.71. The van der Waals surface area contributed by atoms with Gasteiger partial charge < -0.3 is 14.5 Å². The minimum Gasteiger partial charge on any atom is -0.493 e. The first kappa shape index (κ1) is 19.8. The highest BCUT2D eigenvalue weighted by Crippen LogP contribution is 2.33. The normalized spacial score (nSPS) is 23.7. The first-order valence-electron chi connectivity index (χ1n) is 11.4. The van der Waals surface area contributed by atoms with Crippen LogP contribution in [0.5, 0.6) is 5.75 Å². The van der Waals surface area contributed by atoms with Gasteiger partial charge in [0, 0.05) is 31.5 Å². The van der Waals surface area contributed by atoms with Gasteiger partial charge in [-0.25, -0.2) is 0 Å². The molecule has 3 aliphatic rings. The van der Waals surface area contributed by atoms with Gasteiger partial charge in [-0.2, -0.15) is 0 Å². The Morgan fingerprint density at radius 1 is 1.11 bits per heavy atom. The maximum absolute atomic E-state index is 12.9. The Labute approximate surface area is 170 Å². The van der Waals surface area contributed by atoms with E-state index in [1.54, 1.807) is 0 Å². The summed E-state index contributed by atoms with van der Waals surface area (Å²) in [5.41, 5.74) is 1.20. The van der Waals surface area contributed by atoms with Gasteiger partial charge >= 0.3 is 0 Å². The minimum absolute atomic E-state index is 0.367. The summed E-state index contributed by atoms with van der Waals surface area (Å²) < 4.78 is 6.13. The molecule has 2 saturated carbocycles. The van der Waals surface area contributed by atoms with Gasteiger partial charge in [0.15, 0.2) is 0 Å². The molecule has 0 spiro atoms. The summed E-state index contributed by atoms with van der Waals surface area (Å²) >= 11 is 0. The van der Waals surface area contributed by atoms with Crippen LogP contribution in [-0.2, 0) is 11.3 Å². The van der Waals surface area contributed by atoms with Gasteiger partial charge in [-0.05, 0) is 75.7 Å². The number of carbonyl (C=O) groups excluding carboxylic acids is 1. The summed E-state index contributed by atoms with van der Waals surface area (Å²) in [5.74, 6) is 2.56. The van der Waals surface area contributed by atoms with Gasteiger partial charge in [0.1, 0.15) is 5.75 Å². The third kappa shape index (κ3) is 5.50. The van der Waals surface area contributed by atoms with E-state index in [4.69, 9.17) is 4.74 Å². The first-order valence-corrected chi connectivity index (χ1v) is 11.4. The summed E-state index contributed by atoms with van der Waals surface area (Å²) in [6.07, 6.45) is 10.7. The Morgan fingerprint density at radius 3 is 2.64 bits per heavy atom. The number of hydrogen-bond acceptors (Lipinski definition) is 3. The van der Waals surface area contributed by atoms with Gasteiger partial charge in [0.2, 0.25) is 5.91 Å². The van der Waals surface area contributed by atoms with Crippen molar-refractivity contribution in [1.82, 2.24) is 9.80 Å². The van der Waals surface area contributed by atoms with Crippen molar-refractivity contribution in [3.63, 3.8) is 0 Å². The van der Waals surface area contributed by atoms with Crippen molar-refractivity contribution in [2.24, 2.45) is 11.8 Å².